The van der Waals surface area contributed by atoms with E-state index in [2.05, 4.69) is 27.4 Å². The maximum absolute atomic E-state index is 6.27. The molecule has 25 heavy (non-hydrogen) atoms. The van der Waals surface area contributed by atoms with Gasteiger partial charge in [-0.25, -0.2) is 0 Å². The Labute approximate surface area is 160 Å². The van der Waals surface area contributed by atoms with Crippen molar-refractivity contribution in [1.29, 1.82) is 0 Å². The van der Waals surface area contributed by atoms with Gasteiger partial charge in [0.25, 0.3) is 0 Å². The molecule has 1 aromatic rings. The number of ether oxygens (including phenoxy) is 1. The Hall–Kier alpha value is -1.01. The molecule has 1 aliphatic heterocycles. The molecule has 1 saturated heterocycles. The van der Waals surface area contributed by atoms with Crippen molar-refractivity contribution in [3.8, 4) is 0 Å². The third-order valence-corrected chi connectivity index (χ3v) is 4.87. The number of hydrogen-bond donors (Lipinski definition) is 2. The average Bonchev–Trinajstić information content (AvgIpc) is 2.61. The maximum Gasteiger partial charge on any atom is 0.191 e. The summed E-state index contributed by atoms with van der Waals surface area (Å²) in [4.78, 5) is 6.75. The van der Waals surface area contributed by atoms with Crippen LogP contribution in [0.3, 0.4) is 0 Å². The number of halogens is 2. The number of unbranched alkanes of at least 4 members (excludes halogenated alkanes) is 1. The molecule has 2 rings (SSSR count). The minimum Gasteiger partial charge on any atom is -0.379 e. The second-order valence-electron chi connectivity index (χ2n) is 6.19. The molecule has 1 aromatic carbocycles. The molecule has 0 amide bonds. The van der Waals surface area contributed by atoms with E-state index >= 15 is 0 Å². The highest BCUT2D eigenvalue weighted by molar-refractivity contribution is 6.35. The second-order valence-corrected chi connectivity index (χ2v) is 7.04. The predicted octanol–water partition coefficient (Wildman–Crippen LogP) is 3.33. The summed E-state index contributed by atoms with van der Waals surface area (Å²) >= 11 is 12.2. The van der Waals surface area contributed by atoms with Gasteiger partial charge in [0.1, 0.15) is 0 Å². The fraction of sp³-hybridized carbons (Fsp3) is 0.611. The summed E-state index contributed by atoms with van der Waals surface area (Å²) in [5.41, 5.74) is 1.00. The van der Waals surface area contributed by atoms with Crippen LogP contribution in [0.2, 0.25) is 10.0 Å². The van der Waals surface area contributed by atoms with Crippen LogP contribution < -0.4 is 10.6 Å². The first-order chi connectivity index (χ1) is 12.1. The first-order valence-corrected chi connectivity index (χ1v) is 9.58. The van der Waals surface area contributed by atoms with Gasteiger partial charge in [0.2, 0.25) is 0 Å². The predicted molar refractivity (Wildman–Crippen MR) is 106 cm³/mol. The zero-order chi connectivity index (χ0) is 18.1. The lowest BCUT2D eigenvalue weighted by molar-refractivity contribution is 0.0372. The van der Waals surface area contributed by atoms with E-state index in [-0.39, 0.29) is 6.04 Å². The van der Waals surface area contributed by atoms with Gasteiger partial charge in [-0.1, -0.05) is 29.3 Å². The highest BCUT2D eigenvalue weighted by Gasteiger charge is 2.12. The van der Waals surface area contributed by atoms with Crippen molar-refractivity contribution >= 4 is 29.2 Å². The van der Waals surface area contributed by atoms with E-state index in [0.29, 0.717) is 10.0 Å². The molecule has 0 saturated carbocycles. The number of nitrogens with zero attached hydrogens (tertiary/aromatic N) is 2. The van der Waals surface area contributed by atoms with Crippen molar-refractivity contribution < 1.29 is 4.74 Å². The molecule has 2 N–H and O–H groups in total. The molecular formula is C18H28Cl2N4O. The smallest absolute Gasteiger partial charge is 0.191 e. The Morgan fingerprint density at radius 3 is 2.72 bits per heavy atom. The van der Waals surface area contributed by atoms with Crippen LogP contribution >= 0.6 is 23.2 Å². The zero-order valence-corrected chi connectivity index (χ0v) is 16.5. The Morgan fingerprint density at radius 2 is 2.04 bits per heavy atom. The first kappa shape index (κ1) is 20.3. The Balaban J connectivity index is 1.69. The Morgan fingerprint density at radius 1 is 1.28 bits per heavy atom. The van der Waals surface area contributed by atoms with Crippen LogP contribution in [0.5, 0.6) is 0 Å². The van der Waals surface area contributed by atoms with Crippen LogP contribution in [0.1, 0.15) is 31.4 Å². The zero-order valence-electron chi connectivity index (χ0n) is 15.0. The minimum absolute atomic E-state index is 0.0457. The molecule has 5 nitrogen and oxygen atoms in total. The third kappa shape index (κ3) is 7.02. The van der Waals surface area contributed by atoms with Crippen molar-refractivity contribution in [1.82, 2.24) is 15.5 Å². The average molecular weight is 387 g/mol. The number of benzene rings is 1. The number of guanidine groups is 1. The van der Waals surface area contributed by atoms with Crippen molar-refractivity contribution in [2.75, 3.05) is 46.4 Å². The molecule has 1 heterocycles. The monoisotopic (exact) mass is 386 g/mol. The first-order valence-electron chi connectivity index (χ1n) is 8.82. The summed E-state index contributed by atoms with van der Waals surface area (Å²) < 4.78 is 5.37. The van der Waals surface area contributed by atoms with Crippen LogP contribution in [0.15, 0.2) is 23.2 Å². The molecule has 140 valence electrons. The summed E-state index contributed by atoms with van der Waals surface area (Å²) in [6.07, 6.45) is 2.27. The lowest BCUT2D eigenvalue weighted by atomic mass is 10.1. The number of hydrogen-bond acceptors (Lipinski definition) is 3. The minimum atomic E-state index is 0.0457. The summed E-state index contributed by atoms with van der Waals surface area (Å²) in [7, 11) is 1.78. The van der Waals surface area contributed by atoms with Gasteiger partial charge in [0.15, 0.2) is 5.96 Å². The number of aliphatic imine (C=N–C) groups is 1. The van der Waals surface area contributed by atoms with Gasteiger partial charge in [0, 0.05) is 36.7 Å². The Kier molecular flexibility index (Phi) is 8.82. The summed E-state index contributed by atoms with van der Waals surface area (Å²) in [6, 6.07) is 5.60. The fourth-order valence-electron chi connectivity index (χ4n) is 2.82. The fourth-order valence-corrected chi connectivity index (χ4v) is 3.39. The van der Waals surface area contributed by atoms with E-state index in [1.807, 2.05) is 12.1 Å². The van der Waals surface area contributed by atoms with Crippen molar-refractivity contribution in [3.05, 3.63) is 33.8 Å². The lowest BCUT2D eigenvalue weighted by Crippen LogP contribution is -2.40. The molecule has 0 aliphatic carbocycles. The summed E-state index contributed by atoms with van der Waals surface area (Å²) in [6.45, 7) is 7.91. The maximum atomic E-state index is 6.27. The standard InChI is InChI=1S/C18H28Cl2N4O/c1-14(16-6-5-15(19)13-17(16)20)23-18(21-2)22-7-3-4-8-24-9-11-25-12-10-24/h5-6,13-14H,3-4,7-12H2,1-2H3,(H2,21,22,23). The van der Waals surface area contributed by atoms with Crippen LogP contribution in [-0.4, -0.2) is 57.3 Å². The number of morpholine rings is 1. The van der Waals surface area contributed by atoms with Gasteiger partial charge in [-0.05, 0) is 44.0 Å². The van der Waals surface area contributed by atoms with Crippen molar-refractivity contribution in [2.24, 2.45) is 4.99 Å². The highest BCUT2D eigenvalue weighted by atomic mass is 35.5. The SMILES string of the molecule is CN=C(NCCCCN1CCOCC1)NC(C)c1ccc(Cl)cc1Cl. The topological polar surface area (TPSA) is 48.9 Å². The summed E-state index contributed by atoms with van der Waals surface area (Å²) in [5, 5.41) is 8.04. The third-order valence-electron chi connectivity index (χ3n) is 4.30. The molecule has 1 fully saturated rings. The molecular weight excluding hydrogens is 359 g/mol. The lowest BCUT2D eigenvalue weighted by Gasteiger charge is -2.26. The molecule has 0 bridgehead atoms. The van der Waals surface area contributed by atoms with Crippen molar-refractivity contribution in [3.63, 3.8) is 0 Å². The van der Waals surface area contributed by atoms with Gasteiger partial charge in [-0.3, -0.25) is 9.89 Å². The number of rotatable bonds is 7. The molecule has 0 spiro atoms. The number of nitrogens with one attached hydrogen (secondary N) is 2. The van der Waals surface area contributed by atoms with Crippen LogP contribution in [-0.2, 0) is 4.74 Å². The van der Waals surface area contributed by atoms with Gasteiger partial charge < -0.3 is 15.4 Å². The molecule has 1 atom stereocenters. The highest BCUT2D eigenvalue weighted by Crippen LogP contribution is 2.25. The summed E-state index contributed by atoms with van der Waals surface area (Å²) in [5.74, 6) is 0.782. The molecule has 1 unspecified atom stereocenters. The van der Waals surface area contributed by atoms with E-state index in [4.69, 9.17) is 27.9 Å². The molecule has 1 aliphatic rings. The quantitative estimate of drug-likeness (QED) is 0.428. The van der Waals surface area contributed by atoms with Gasteiger partial charge >= 0.3 is 0 Å². The van der Waals surface area contributed by atoms with E-state index in [1.165, 1.54) is 6.42 Å². The van der Waals surface area contributed by atoms with Crippen LogP contribution in [0.4, 0.5) is 0 Å². The van der Waals surface area contributed by atoms with Gasteiger partial charge in [-0.15, -0.1) is 0 Å². The largest absolute Gasteiger partial charge is 0.379 e. The van der Waals surface area contributed by atoms with Gasteiger partial charge in [-0.2, -0.15) is 0 Å². The van der Waals surface area contributed by atoms with Crippen LogP contribution in [0, 0.1) is 0 Å². The van der Waals surface area contributed by atoms with E-state index in [0.717, 1.165) is 57.3 Å². The van der Waals surface area contributed by atoms with E-state index < -0.39 is 0 Å². The normalized spacial score (nSPS) is 17.4. The Bertz CT molecular complexity index is 562. The van der Waals surface area contributed by atoms with Gasteiger partial charge in [0.05, 0.1) is 19.3 Å². The van der Waals surface area contributed by atoms with E-state index in [9.17, 15) is 0 Å². The molecule has 7 heteroatoms. The molecule has 0 radical (unpaired) electrons. The van der Waals surface area contributed by atoms with Crippen molar-refractivity contribution in [2.45, 2.75) is 25.8 Å². The second kappa shape index (κ2) is 10.9. The van der Waals surface area contributed by atoms with E-state index in [1.54, 1.807) is 13.1 Å². The molecule has 0 aromatic heterocycles. The van der Waals surface area contributed by atoms with Crippen LogP contribution in [0.25, 0.3) is 0 Å².